The van der Waals surface area contributed by atoms with Gasteiger partial charge in [0.15, 0.2) is 0 Å². The van der Waals surface area contributed by atoms with Gasteiger partial charge in [0.05, 0.1) is 23.7 Å². The summed E-state index contributed by atoms with van der Waals surface area (Å²) in [7, 11) is 0. The third-order valence-corrected chi connectivity index (χ3v) is 10.8. The molecular formula is C34H50N2O4. The van der Waals surface area contributed by atoms with Crippen LogP contribution in [0.5, 0.6) is 0 Å². The Morgan fingerprint density at radius 2 is 1.90 bits per heavy atom. The number of hydrogen-bond donors (Lipinski definition) is 3. The fraction of sp³-hybridized carbons (Fsp3) is 0.706. The average molecular weight is 551 g/mol. The van der Waals surface area contributed by atoms with E-state index in [0.717, 1.165) is 56.1 Å². The minimum Gasteiger partial charge on any atom is -0.425 e. The van der Waals surface area contributed by atoms with E-state index in [1.54, 1.807) is 0 Å². The van der Waals surface area contributed by atoms with Crippen LogP contribution in [0.25, 0.3) is 0 Å². The van der Waals surface area contributed by atoms with Crippen molar-refractivity contribution >= 4 is 0 Å². The normalized spacial score (nSPS) is 35.4. The first-order valence-electron chi connectivity index (χ1n) is 15.8. The summed E-state index contributed by atoms with van der Waals surface area (Å²) in [6, 6.07) is 0. The van der Waals surface area contributed by atoms with Crippen LogP contribution in [-0.4, -0.2) is 43.8 Å². The van der Waals surface area contributed by atoms with Gasteiger partial charge in [0, 0.05) is 12.8 Å². The van der Waals surface area contributed by atoms with E-state index in [0.29, 0.717) is 42.4 Å². The molecular weight excluding hydrogens is 500 g/mol. The molecule has 4 fully saturated rings. The lowest BCUT2D eigenvalue weighted by atomic mass is 9.61. The molecule has 6 heteroatoms. The molecule has 0 bridgehead atoms. The largest absolute Gasteiger partial charge is 0.425 e. The molecule has 0 spiro atoms. The first-order valence-corrected chi connectivity index (χ1v) is 15.8. The lowest BCUT2D eigenvalue weighted by Gasteiger charge is -2.44. The van der Waals surface area contributed by atoms with Crippen molar-refractivity contribution in [3.05, 3.63) is 59.4 Å². The van der Waals surface area contributed by atoms with E-state index in [1.165, 1.54) is 31.3 Å². The molecule has 220 valence electrons. The second kappa shape index (κ2) is 12.1. The van der Waals surface area contributed by atoms with E-state index in [2.05, 4.69) is 55.8 Å². The average Bonchev–Trinajstić information content (AvgIpc) is 3.46. The second-order valence-electron chi connectivity index (χ2n) is 13.5. The third kappa shape index (κ3) is 5.82. The van der Waals surface area contributed by atoms with E-state index in [4.69, 9.17) is 4.42 Å². The second-order valence-corrected chi connectivity index (χ2v) is 13.5. The molecule has 0 amide bonds. The van der Waals surface area contributed by atoms with E-state index in [9.17, 15) is 15.3 Å². The van der Waals surface area contributed by atoms with Crippen molar-refractivity contribution in [1.82, 2.24) is 10.2 Å². The molecule has 7 atom stereocenters. The topological polar surface area (TPSA) is 99.6 Å². The van der Waals surface area contributed by atoms with Crippen LogP contribution in [0.3, 0.4) is 0 Å². The molecule has 1 aromatic rings. The lowest BCUT2D eigenvalue weighted by Crippen LogP contribution is -2.35. The summed E-state index contributed by atoms with van der Waals surface area (Å²) in [6.45, 7) is 11.1. The molecule has 0 saturated heterocycles. The maximum Gasteiger partial charge on any atom is 0.225 e. The van der Waals surface area contributed by atoms with Gasteiger partial charge in [0.1, 0.15) is 0 Å². The Labute approximate surface area is 240 Å². The smallest absolute Gasteiger partial charge is 0.225 e. The Morgan fingerprint density at radius 3 is 2.65 bits per heavy atom. The number of hydrogen-bond acceptors (Lipinski definition) is 6. The van der Waals surface area contributed by atoms with Gasteiger partial charge >= 0.3 is 0 Å². The van der Waals surface area contributed by atoms with Crippen LogP contribution >= 0.6 is 0 Å². The number of aromatic nitrogens is 2. The zero-order chi connectivity index (χ0) is 28.5. The van der Waals surface area contributed by atoms with E-state index in [1.807, 2.05) is 6.08 Å². The molecule has 4 saturated carbocycles. The molecule has 0 aromatic carbocycles. The van der Waals surface area contributed by atoms with Gasteiger partial charge in [-0.2, -0.15) is 0 Å². The lowest BCUT2D eigenvalue weighted by molar-refractivity contribution is 0.0862. The van der Waals surface area contributed by atoms with Crippen LogP contribution in [0.2, 0.25) is 0 Å². The van der Waals surface area contributed by atoms with Crippen LogP contribution in [-0.2, 0) is 11.8 Å². The van der Waals surface area contributed by atoms with E-state index < -0.39 is 23.7 Å². The van der Waals surface area contributed by atoms with Crippen LogP contribution in [0.1, 0.15) is 110 Å². The molecule has 40 heavy (non-hydrogen) atoms. The summed E-state index contributed by atoms with van der Waals surface area (Å²) in [5, 5.41) is 40.2. The van der Waals surface area contributed by atoms with Crippen molar-refractivity contribution in [2.24, 2.45) is 23.2 Å². The van der Waals surface area contributed by atoms with Gasteiger partial charge < -0.3 is 19.7 Å². The molecule has 0 unspecified atom stereocenters. The predicted molar refractivity (Wildman–Crippen MR) is 157 cm³/mol. The van der Waals surface area contributed by atoms with Gasteiger partial charge in [-0.3, -0.25) is 0 Å². The molecule has 3 N–H and O–H groups in total. The highest BCUT2D eigenvalue weighted by Gasteiger charge is 2.54. The van der Waals surface area contributed by atoms with Gasteiger partial charge in [-0.1, -0.05) is 70.1 Å². The quantitative estimate of drug-likeness (QED) is 0.226. The molecule has 0 aliphatic heterocycles. The molecule has 4 aliphatic rings. The summed E-state index contributed by atoms with van der Waals surface area (Å²) in [6.07, 6.45) is 19.7. The van der Waals surface area contributed by atoms with Crippen molar-refractivity contribution < 1.29 is 19.7 Å². The number of rotatable bonds is 10. The Morgan fingerprint density at radius 1 is 1.10 bits per heavy atom. The van der Waals surface area contributed by atoms with Crippen molar-refractivity contribution in [3.63, 3.8) is 0 Å². The van der Waals surface area contributed by atoms with Crippen molar-refractivity contribution in [2.45, 2.75) is 128 Å². The van der Waals surface area contributed by atoms with Crippen LogP contribution in [0.4, 0.5) is 0 Å². The van der Waals surface area contributed by atoms with Gasteiger partial charge in [-0.15, -0.1) is 10.2 Å². The van der Waals surface area contributed by atoms with Crippen molar-refractivity contribution in [3.8, 4) is 0 Å². The summed E-state index contributed by atoms with van der Waals surface area (Å²) in [4.78, 5) is 0. The highest BCUT2D eigenvalue weighted by Crippen LogP contribution is 2.60. The minimum atomic E-state index is -0.647. The number of fused-ring (bicyclic) bond motifs is 1. The number of allylic oxidation sites excluding steroid dienone is 4. The monoisotopic (exact) mass is 550 g/mol. The molecule has 5 rings (SSSR count). The predicted octanol–water partition coefficient (Wildman–Crippen LogP) is 6.53. The van der Waals surface area contributed by atoms with Gasteiger partial charge in [0.25, 0.3) is 0 Å². The molecule has 1 heterocycles. The maximum atomic E-state index is 11.2. The first kappa shape index (κ1) is 29.5. The third-order valence-electron chi connectivity index (χ3n) is 10.8. The Balaban J connectivity index is 1.24. The summed E-state index contributed by atoms with van der Waals surface area (Å²) in [5.41, 5.74) is 3.06. The first-order chi connectivity index (χ1) is 19.2. The summed E-state index contributed by atoms with van der Waals surface area (Å²) >= 11 is 0. The van der Waals surface area contributed by atoms with Crippen LogP contribution in [0, 0.1) is 23.2 Å². The SMILES string of the molecule is C=C1/C(=C\C=C2/CCC[C@]3(C)[C@@H]([C@H](C)/C=C/[C@@H](O)C4(c5nnc(CCCCC)o5)CC4)CC[C@@H]23)C[C@@H](O)C[C@@H]1O. The zero-order valence-corrected chi connectivity index (χ0v) is 24.8. The number of nitrogens with zero attached hydrogens (tertiary/aromatic N) is 2. The van der Waals surface area contributed by atoms with Crippen molar-refractivity contribution in [1.29, 1.82) is 0 Å². The standard InChI is InChI=1S/C34H50N2O4/c1-5-6-7-10-31-35-36-32(40-31)34(18-19-34)30(39)16-11-22(2)27-14-15-28-24(9-8-17-33(27,28)4)12-13-25-20-26(37)21-29(38)23(25)3/h11-13,16,22,26-30,37-39H,3,5-10,14-15,17-21H2,1-2,4H3/b16-11+,24-12+,25-13-/t22-,26-,27-,28+,29+,30-,33-/m1/s1. The van der Waals surface area contributed by atoms with Gasteiger partial charge in [-0.25, -0.2) is 0 Å². The highest BCUT2D eigenvalue weighted by atomic mass is 16.4. The maximum absolute atomic E-state index is 11.2. The zero-order valence-electron chi connectivity index (χ0n) is 24.8. The van der Waals surface area contributed by atoms with E-state index in [-0.39, 0.29) is 5.41 Å². The van der Waals surface area contributed by atoms with E-state index >= 15 is 0 Å². The number of aliphatic hydroxyl groups is 3. The Kier molecular flexibility index (Phi) is 8.89. The van der Waals surface area contributed by atoms with Gasteiger partial charge in [-0.05, 0) is 92.1 Å². The Bertz CT molecular complexity index is 1140. The number of unbranched alkanes of at least 4 members (excludes halogenated alkanes) is 2. The number of aryl methyl sites for hydroxylation is 1. The summed E-state index contributed by atoms with van der Waals surface area (Å²) in [5.74, 6) is 2.78. The van der Waals surface area contributed by atoms with Crippen LogP contribution in [0.15, 0.2) is 52.0 Å². The Hall–Kier alpha value is -2.02. The molecule has 6 nitrogen and oxygen atoms in total. The molecule has 0 radical (unpaired) electrons. The van der Waals surface area contributed by atoms with Gasteiger partial charge in [0.2, 0.25) is 11.8 Å². The molecule has 1 aromatic heterocycles. The molecule has 4 aliphatic carbocycles. The highest BCUT2D eigenvalue weighted by molar-refractivity contribution is 5.38. The summed E-state index contributed by atoms with van der Waals surface area (Å²) < 4.78 is 6.01. The minimum absolute atomic E-state index is 0.233. The fourth-order valence-corrected chi connectivity index (χ4v) is 8.06. The van der Waals surface area contributed by atoms with Crippen LogP contribution < -0.4 is 0 Å². The fourth-order valence-electron chi connectivity index (χ4n) is 8.06. The number of aliphatic hydroxyl groups excluding tert-OH is 3. The van der Waals surface area contributed by atoms with Crippen molar-refractivity contribution in [2.75, 3.05) is 0 Å².